The Bertz CT molecular complexity index is 1060. The summed E-state index contributed by atoms with van der Waals surface area (Å²) in [7, 11) is 0. The van der Waals surface area contributed by atoms with Crippen LogP contribution < -0.4 is 0 Å². The Morgan fingerprint density at radius 3 is 2.76 bits per heavy atom. The van der Waals surface area contributed by atoms with Crippen molar-refractivity contribution in [2.45, 2.75) is 25.0 Å². The van der Waals surface area contributed by atoms with Crippen molar-refractivity contribution in [3.8, 4) is 11.1 Å². The van der Waals surface area contributed by atoms with Crippen LogP contribution in [0.15, 0.2) is 48.5 Å². The Hall–Kier alpha value is -2.83. The standard InChI is InChI=1S/C22H20ClN3O3/c23-15-8-5-14(6-9-15)21-20(26(22(27)28)11-12-29-21)19-18-16-4-2-1-3-13(16)7-10-17(18)24-25-19/h1-6,8-9,20-21H,7,10-12H2,(H,24,25)(H,27,28). The molecule has 0 spiro atoms. The highest BCUT2D eigenvalue weighted by Gasteiger charge is 2.41. The summed E-state index contributed by atoms with van der Waals surface area (Å²) >= 11 is 6.05. The Balaban J connectivity index is 1.66. The van der Waals surface area contributed by atoms with Gasteiger partial charge in [-0.05, 0) is 41.7 Å². The fraction of sp³-hybridized carbons (Fsp3) is 0.273. The minimum absolute atomic E-state index is 0.299. The van der Waals surface area contributed by atoms with Crippen LogP contribution in [0.1, 0.15) is 34.7 Å². The van der Waals surface area contributed by atoms with Crippen molar-refractivity contribution in [1.29, 1.82) is 0 Å². The van der Waals surface area contributed by atoms with Gasteiger partial charge in [0.15, 0.2) is 0 Å². The second-order valence-electron chi connectivity index (χ2n) is 7.38. The van der Waals surface area contributed by atoms with Crippen LogP contribution in [0, 0.1) is 0 Å². The lowest BCUT2D eigenvalue weighted by atomic mass is 9.85. The number of carbonyl (C=O) groups is 1. The molecule has 2 N–H and O–H groups in total. The van der Waals surface area contributed by atoms with E-state index in [1.54, 1.807) is 12.1 Å². The van der Waals surface area contributed by atoms with E-state index in [2.05, 4.69) is 22.3 Å². The Labute approximate surface area is 173 Å². The minimum Gasteiger partial charge on any atom is -0.465 e. The number of H-pyrrole nitrogens is 1. The van der Waals surface area contributed by atoms with Crippen molar-refractivity contribution in [2.75, 3.05) is 13.2 Å². The van der Waals surface area contributed by atoms with Gasteiger partial charge < -0.3 is 9.84 Å². The number of nitrogens with one attached hydrogen (secondary N) is 1. The molecule has 6 nitrogen and oxygen atoms in total. The van der Waals surface area contributed by atoms with Gasteiger partial charge in [0.1, 0.15) is 12.1 Å². The predicted octanol–water partition coefficient (Wildman–Crippen LogP) is 4.62. The topological polar surface area (TPSA) is 78.4 Å². The Morgan fingerprint density at radius 2 is 1.97 bits per heavy atom. The lowest BCUT2D eigenvalue weighted by Gasteiger charge is -2.39. The molecule has 0 bridgehead atoms. The molecule has 148 valence electrons. The van der Waals surface area contributed by atoms with Crippen molar-refractivity contribution in [1.82, 2.24) is 15.1 Å². The fourth-order valence-electron chi connectivity index (χ4n) is 4.44. The van der Waals surface area contributed by atoms with E-state index in [0.29, 0.717) is 23.9 Å². The maximum atomic E-state index is 12.1. The molecule has 7 heteroatoms. The molecule has 1 aliphatic heterocycles. The molecule has 1 amide bonds. The van der Waals surface area contributed by atoms with E-state index < -0.39 is 18.2 Å². The maximum absolute atomic E-state index is 12.1. The Kier molecular flexibility index (Phi) is 4.53. The highest BCUT2D eigenvalue weighted by molar-refractivity contribution is 6.30. The molecule has 2 atom stereocenters. The van der Waals surface area contributed by atoms with E-state index >= 15 is 0 Å². The summed E-state index contributed by atoms with van der Waals surface area (Å²) in [6.45, 7) is 0.632. The minimum atomic E-state index is -0.974. The number of amides is 1. The number of aromatic amines is 1. The molecule has 3 aromatic rings. The molecule has 0 saturated carbocycles. The van der Waals surface area contributed by atoms with Gasteiger partial charge in [0.2, 0.25) is 0 Å². The van der Waals surface area contributed by atoms with Gasteiger partial charge in [-0.1, -0.05) is 48.0 Å². The molecule has 1 saturated heterocycles. The smallest absolute Gasteiger partial charge is 0.408 e. The van der Waals surface area contributed by atoms with Crippen molar-refractivity contribution in [3.63, 3.8) is 0 Å². The summed E-state index contributed by atoms with van der Waals surface area (Å²) in [4.78, 5) is 13.6. The van der Waals surface area contributed by atoms with Gasteiger partial charge in [0.05, 0.1) is 12.3 Å². The highest BCUT2D eigenvalue weighted by Crippen LogP contribution is 2.45. The molecule has 2 heterocycles. The summed E-state index contributed by atoms with van der Waals surface area (Å²) < 4.78 is 6.10. The number of carboxylic acid groups (broad SMARTS) is 1. The Morgan fingerprint density at radius 1 is 1.17 bits per heavy atom. The van der Waals surface area contributed by atoms with Crippen LogP contribution in [0.4, 0.5) is 4.79 Å². The summed E-state index contributed by atoms with van der Waals surface area (Å²) in [6, 6.07) is 15.1. The summed E-state index contributed by atoms with van der Waals surface area (Å²) in [6.07, 6.45) is 0.359. The van der Waals surface area contributed by atoms with Crippen LogP contribution in [0.2, 0.25) is 5.02 Å². The number of aromatic nitrogens is 2. The van der Waals surface area contributed by atoms with Gasteiger partial charge in [0.25, 0.3) is 0 Å². The maximum Gasteiger partial charge on any atom is 0.408 e. The summed E-state index contributed by atoms with van der Waals surface area (Å²) in [5.41, 5.74) is 6.02. The molecular formula is C22H20ClN3O3. The number of fused-ring (bicyclic) bond motifs is 3. The zero-order valence-electron chi connectivity index (χ0n) is 15.6. The van der Waals surface area contributed by atoms with Crippen LogP contribution >= 0.6 is 11.6 Å². The average Bonchev–Trinajstić information content (AvgIpc) is 3.18. The normalized spacial score (nSPS) is 20.8. The molecule has 1 aromatic heterocycles. The summed E-state index contributed by atoms with van der Waals surface area (Å²) in [5, 5.41) is 18.3. The first-order valence-corrected chi connectivity index (χ1v) is 10.0. The molecule has 0 radical (unpaired) electrons. The van der Waals surface area contributed by atoms with Gasteiger partial charge in [-0.15, -0.1) is 0 Å². The van der Waals surface area contributed by atoms with Gasteiger partial charge in [-0.25, -0.2) is 4.79 Å². The van der Waals surface area contributed by atoms with E-state index in [9.17, 15) is 9.90 Å². The SMILES string of the molecule is O=C(O)N1CCOC(c2ccc(Cl)cc2)C1c1n[nH]c2c1-c1ccccc1CC2. The predicted molar refractivity (Wildman–Crippen MR) is 109 cm³/mol. The molecule has 2 unspecified atom stereocenters. The number of hydrogen-bond acceptors (Lipinski definition) is 3. The van der Waals surface area contributed by atoms with Crippen molar-refractivity contribution < 1.29 is 14.6 Å². The van der Waals surface area contributed by atoms with Crippen LogP contribution in [0.3, 0.4) is 0 Å². The molecule has 5 rings (SSSR count). The fourth-order valence-corrected chi connectivity index (χ4v) is 4.57. The van der Waals surface area contributed by atoms with Crippen LogP contribution in [0.5, 0.6) is 0 Å². The number of morpholine rings is 1. The third kappa shape index (κ3) is 3.09. The number of aryl methyl sites for hydroxylation is 2. The second-order valence-corrected chi connectivity index (χ2v) is 7.82. The lowest BCUT2D eigenvalue weighted by Crippen LogP contribution is -2.44. The summed E-state index contributed by atoms with van der Waals surface area (Å²) in [5.74, 6) is 0. The first-order valence-electron chi connectivity index (χ1n) is 9.65. The molecular weight excluding hydrogens is 390 g/mol. The molecule has 2 aliphatic rings. The number of rotatable bonds is 2. The van der Waals surface area contributed by atoms with Crippen LogP contribution in [-0.2, 0) is 17.6 Å². The van der Waals surface area contributed by atoms with Crippen molar-refractivity contribution in [2.24, 2.45) is 0 Å². The average molecular weight is 410 g/mol. The number of ether oxygens (including phenoxy) is 1. The monoisotopic (exact) mass is 409 g/mol. The number of halogens is 1. The molecule has 1 fully saturated rings. The zero-order valence-corrected chi connectivity index (χ0v) is 16.4. The van der Waals surface area contributed by atoms with Crippen LogP contribution in [-0.4, -0.2) is 39.4 Å². The number of hydrogen-bond donors (Lipinski definition) is 2. The lowest BCUT2D eigenvalue weighted by molar-refractivity contribution is -0.0660. The quantitative estimate of drug-likeness (QED) is 0.647. The first kappa shape index (κ1) is 18.2. The van der Waals surface area contributed by atoms with Crippen LogP contribution in [0.25, 0.3) is 11.1 Å². The van der Waals surface area contributed by atoms with Crippen molar-refractivity contribution in [3.05, 3.63) is 76.1 Å². The van der Waals surface area contributed by atoms with E-state index in [1.807, 2.05) is 24.3 Å². The van der Waals surface area contributed by atoms with E-state index in [4.69, 9.17) is 16.3 Å². The third-order valence-electron chi connectivity index (χ3n) is 5.78. The molecule has 29 heavy (non-hydrogen) atoms. The van der Waals surface area contributed by atoms with E-state index in [-0.39, 0.29) is 0 Å². The number of benzene rings is 2. The van der Waals surface area contributed by atoms with Gasteiger partial charge in [-0.2, -0.15) is 5.10 Å². The number of nitrogens with zero attached hydrogens (tertiary/aromatic N) is 2. The largest absolute Gasteiger partial charge is 0.465 e. The van der Waals surface area contributed by atoms with Gasteiger partial charge in [0, 0.05) is 22.8 Å². The van der Waals surface area contributed by atoms with E-state index in [0.717, 1.165) is 35.2 Å². The highest BCUT2D eigenvalue weighted by atomic mass is 35.5. The molecule has 2 aromatic carbocycles. The van der Waals surface area contributed by atoms with Crippen molar-refractivity contribution >= 4 is 17.7 Å². The van der Waals surface area contributed by atoms with Gasteiger partial charge >= 0.3 is 6.09 Å². The second kappa shape index (κ2) is 7.21. The van der Waals surface area contributed by atoms with Gasteiger partial charge in [-0.3, -0.25) is 10.00 Å². The first-order chi connectivity index (χ1) is 14.1. The third-order valence-corrected chi connectivity index (χ3v) is 6.03. The van der Waals surface area contributed by atoms with E-state index in [1.165, 1.54) is 10.5 Å². The zero-order chi connectivity index (χ0) is 20.0. The molecule has 1 aliphatic carbocycles.